The lowest BCUT2D eigenvalue weighted by Crippen LogP contribution is -2.49. The SMILES string of the molecule is Cc1cc(CNC(=O)c2cccc(S(=O)(=O)N3CCNC(=O)C3)c2)ccc1F. The van der Waals surface area contributed by atoms with Gasteiger partial charge in [0.2, 0.25) is 15.9 Å². The van der Waals surface area contributed by atoms with Gasteiger partial charge in [0, 0.05) is 25.2 Å². The predicted octanol–water partition coefficient (Wildman–Crippen LogP) is 1.18. The number of sulfonamides is 1. The van der Waals surface area contributed by atoms with Gasteiger partial charge in [-0.1, -0.05) is 18.2 Å². The summed E-state index contributed by atoms with van der Waals surface area (Å²) in [5.41, 5.74) is 1.39. The molecule has 0 spiro atoms. The molecule has 0 unspecified atom stereocenters. The number of amides is 2. The fourth-order valence-electron chi connectivity index (χ4n) is 2.87. The van der Waals surface area contributed by atoms with E-state index in [-0.39, 0.29) is 48.4 Å². The normalized spacial score (nSPS) is 15.1. The zero-order valence-electron chi connectivity index (χ0n) is 15.2. The highest BCUT2D eigenvalue weighted by Gasteiger charge is 2.29. The summed E-state index contributed by atoms with van der Waals surface area (Å²) in [6.45, 7) is 1.99. The second-order valence-electron chi connectivity index (χ2n) is 6.48. The summed E-state index contributed by atoms with van der Waals surface area (Å²) in [7, 11) is -3.88. The van der Waals surface area contributed by atoms with E-state index >= 15 is 0 Å². The lowest BCUT2D eigenvalue weighted by Gasteiger charge is -2.26. The van der Waals surface area contributed by atoms with Crippen LogP contribution >= 0.6 is 0 Å². The number of carbonyl (C=O) groups excluding carboxylic acids is 2. The maximum absolute atomic E-state index is 13.3. The van der Waals surface area contributed by atoms with E-state index in [0.717, 1.165) is 9.87 Å². The molecule has 1 heterocycles. The van der Waals surface area contributed by atoms with Crippen LogP contribution in [0.3, 0.4) is 0 Å². The quantitative estimate of drug-likeness (QED) is 0.781. The van der Waals surface area contributed by atoms with Crippen molar-refractivity contribution in [2.24, 2.45) is 0 Å². The number of aryl methyl sites for hydroxylation is 1. The Labute approximate surface area is 162 Å². The van der Waals surface area contributed by atoms with Crippen LogP contribution in [0.25, 0.3) is 0 Å². The fraction of sp³-hybridized carbons (Fsp3) is 0.263. The molecule has 2 amide bonds. The summed E-state index contributed by atoms with van der Waals surface area (Å²) in [5, 5.41) is 5.27. The Bertz CT molecular complexity index is 1020. The predicted molar refractivity (Wildman–Crippen MR) is 101 cm³/mol. The molecule has 0 atom stereocenters. The summed E-state index contributed by atoms with van der Waals surface area (Å²) >= 11 is 0. The number of hydrogen-bond acceptors (Lipinski definition) is 4. The van der Waals surface area contributed by atoms with Crippen molar-refractivity contribution in [1.82, 2.24) is 14.9 Å². The third-order valence-electron chi connectivity index (χ3n) is 4.41. The number of halogens is 1. The van der Waals surface area contributed by atoms with Crippen LogP contribution in [0.5, 0.6) is 0 Å². The zero-order valence-corrected chi connectivity index (χ0v) is 16.1. The summed E-state index contributed by atoms with van der Waals surface area (Å²) < 4.78 is 39.9. The van der Waals surface area contributed by atoms with Gasteiger partial charge in [0.15, 0.2) is 0 Å². The van der Waals surface area contributed by atoms with Crippen LogP contribution in [0.2, 0.25) is 0 Å². The minimum absolute atomic E-state index is 0.0486. The molecule has 28 heavy (non-hydrogen) atoms. The van der Waals surface area contributed by atoms with Crippen molar-refractivity contribution in [2.45, 2.75) is 18.4 Å². The van der Waals surface area contributed by atoms with Gasteiger partial charge >= 0.3 is 0 Å². The third-order valence-corrected chi connectivity index (χ3v) is 6.25. The Morgan fingerprint density at radius 3 is 2.75 bits per heavy atom. The van der Waals surface area contributed by atoms with Crippen molar-refractivity contribution in [3.63, 3.8) is 0 Å². The highest BCUT2D eigenvalue weighted by molar-refractivity contribution is 7.89. The molecular formula is C19H20FN3O4S. The minimum Gasteiger partial charge on any atom is -0.354 e. The Hall–Kier alpha value is -2.78. The van der Waals surface area contributed by atoms with Gasteiger partial charge in [-0.05, 0) is 42.3 Å². The maximum Gasteiger partial charge on any atom is 0.251 e. The van der Waals surface area contributed by atoms with Crippen molar-refractivity contribution >= 4 is 21.8 Å². The molecule has 3 rings (SSSR count). The molecule has 0 aromatic heterocycles. The van der Waals surface area contributed by atoms with Gasteiger partial charge in [-0.25, -0.2) is 12.8 Å². The molecule has 0 saturated carbocycles. The molecule has 2 aromatic rings. The number of piperazine rings is 1. The van der Waals surface area contributed by atoms with E-state index in [1.807, 2.05) is 0 Å². The topological polar surface area (TPSA) is 95.6 Å². The van der Waals surface area contributed by atoms with Crippen LogP contribution in [0.15, 0.2) is 47.4 Å². The molecule has 0 bridgehead atoms. The minimum atomic E-state index is -3.88. The number of nitrogens with one attached hydrogen (secondary N) is 2. The first-order chi connectivity index (χ1) is 13.3. The van der Waals surface area contributed by atoms with Gasteiger partial charge in [0.25, 0.3) is 5.91 Å². The fourth-order valence-corrected chi connectivity index (χ4v) is 4.31. The Morgan fingerprint density at radius 1 is 1.25 bits per heavy atom. The summed E-state index contributed by atoms with van der Waals surface area (Å²) in [5.74, 6) is -1.13. The van der Waals surface area contributed by atoms with Crippen molar-refractivity contribution in [3.05, 3.63) is 65.0 Å². The van der Waals surface area contributed by atoms with Gasteiger partial charge in [0.05, 0.1) is 11.4 Å². The molecule has 1 saturated heterocycles. The van der Waals surface area contributed by atoms with E-state index in [1.54, 1.807) is 19.1 Å². The van der Waals surface area contributed by atoms with E-state index in [9.17, 15) is 22.4 Å². The average Bonchev–Trinajstić information content (AvgIpc) is 2.68. The average molecular weight is 405 g/mol. The van der Waals surface area contributed by atoms with E-state index in [2.05, 4.69) is 10.6 Å². The smallest absolute Gasteiger partial charge is 0.251 e. The highest BCUT2D eigenvalue weighted by Crippen LogP contribution is 2.18. The van der Waals surface area contributed by atoms with Crippen LogP contribution < -0.4 is 10.6 Å². The van der Waals surface area contributed by atoms with Gasteiger partial charge < -0.3 is 10.6 Å². The first-order valence-corrected chi connectivity index (χ1v) is 10.1. The maximum atomic E-state index is 13.3. The molecule has 2 aromatic carbocycles. The largest absolute Gasteiger partial charge is 0.354 e. The highest BCUT2D eigenvalue weighted by atomic mass is 32.2. The van der Waals surface area contributed by atoms with Crippen LogP contribution in [-0.4, -0.2) is 44.2 Å². The summed E-state index contributed by atoms with van der Waals surface area (Å²) in [6, 6.07) is 10.2. The summed E-state index contributed by atoms with van der Waals surface area (Å²) in [4.78, 5) is 23.9. The zero-order chi connectivity index (χ0) is 20.3. The Kier molecular flexibility index (Phi) is 5.76. The van der Waals surface area contributed by atoms with Crippen molar-refractivity contribution < 1.29 is 22.4 Å². The van der Waals surface area contributed by atoms with Gasteiger partial charge in [-0.2, -0.15) is 4.31 Å². The van der Waals surface area contributed by atoms with Crippen LogP contribution in [-0.2, 0) is 21.4 Å². The van der Waals surface area contributed by atoms with Crippen LogP contribution in [0.1, 0.15) is 21.5 Å². The second kappa shape index (κ2) is 8.07. The molecular weight excluding hydrogens is 385 g/mol. The van der Waals surface area contributed by atoms with Crippen LogP contribution in [0.4, 0.5) is 4.39 Å². The Morgan fingerprint density at radius 2 is 2.04 bits per heavy atom. The number of rotatable bonds is 5. The third kappa shape index (κ3) is 4.37. The lowest BCUT2D eigenvalue weighted by molar-refractivity contribution is -0.122. The molecule has 1 fully saturated rings. The molecule has 0 radical (unpaired) electrons. The molecule has 9 heteroatoms. The molecule has 1 aliphatic rings. The van der Waals surface area contributed by atoms with E-state index in [1.165, 1.54) is 30.3 Å². The van der Waals surface area contributed by atoms with Crippen LogP contribution in [0, 0.1) is 12.7 Å². The lowest BCUT2D eigenvalue weighted by atomic mass is 10.1. The second-order valence-corrected chi connectivity index (χ2v) is 8.42. The first-order valence-electron chi connectivity index (χ1n) is 8.67. The Balaban J connectivity index is 1.73. The van der Waals surface area contributed by atoms with E-state index < -0.39 is 15.9 Å². The van der Waals surface area contributed by atoms with Crippen molar-refractivity contribution in [1.29, 1.82) is 0 Å². The number of carbonyl (C=O) groups is 2. The standard InChI is InChI=1S/C19H20FN3O4S/c1-13-9-14(5-6-17(13)20)11-22-19(25)15-3-2-4-16(10-15)28(26,27)23-8-7-21-18(24)12-23/h2-6,9-10H,7-8,11-12H2,1H3,(H,21,24)(H,22,25). The van der Waals surface area contributed by atoms with Crippen molar-refractivity contribution in [2.75, 3.05) is 19.6 Å². The molecule has 7 nitrogen and oxygen atoms in total. The van der Waals surface area contributed by atoms with E-state index in [4.69, 9.17) is 0 Å². The molecule has 148 valence electrons. The number of nitrogens with zero attached hydrogens (tertiary/aromatic N) is 1. The molecule has 2 N–H and O–H groups in total. The molecule has 1 aliphatic heterocycles. The van der Waals surface area contributed by atoms with E-state index in [0.29, 0.717) is 5.56 Å². The number of hydrogen-bond donors (Lipinski definition) is 2. The summed E-state index contributed by atoms with van der Waals surface area (Å²) in [6.07, 6.45) is 0. The molecule has 0 aliphatic carbocycles. The monoisotopic (exact) mass is 405 g/mol. The first kappa shape index (κ1) is 20.0. The van der Waals surface area contributed by atoms with Gasteiger partial charge in [-0.15, -0.1) is 0 Å². The van der Waals surface area contributed by atoms with Gasteiger partial charge in [0.1, 0.15) is 5.82 Å². The van der Waals surface area contributed by atoms with Crippen molar-refractivity contribution in [3.8, 4) is 0 Å². The van der Waals surface area contributed by atoms with Gasteiger partial charge in [-0.3, -0.25) is 9.59 Å². The number of benzene rings is 2.